The number of nitrogens with zero attached hydrogens (tertiary/aromatic N) is 1. The number of nitrogens with one attached hydrogen (secondary N) is 1. The normalized spacial score (nSPS) is 11.7. The van der Waals surface area contributed by atoms with E-state index < -0.39 is 12.7 Å². The van der Waals surface area contributed by atoms with E-state index in [-0.39, 0.29) is 12.1 Å². The van der Waals surface area contributed by atoms with Crippen molar-refractivity contribution in [2.45, 2.75) is 12.7 Å². The first-order chi connectivity index (χ1) is 6.88. The highest BCUT2D eigenvalue weighted by Crippen LogP contribution is 2.12. The van der Waals surface area contributed by atoms with Gasteiger partial charge in [-0.1, -0.05) is 0 Å². The van der Waals surface area contributed by atoms with Gasteiger partial charge >= 0.3 is 6.18 Å². The number of aromatic nitrogens is 1. The molecule has 0 aromatic carbocycles. The molecule has 3 nitrogen and oxygen atoms in total. The third-order valence-electron chi connectivity index (χ3n) is 1.82. The smallest absolute Gasteiger partial charge is 0.319 e. The summed E-state index contributed by atoms with van der Waals surface area (Å²) >= 11 is 0. The van der Waals surface area contributed by atoms with E-state index in [1.165, 1.54) is 16.8 Å². The van der Waals surface area contributed by atoms with Gasteiger partial charge in [0.05, 0.1) is 6.54 Å². The van der Waals surface area contributed by atoms with Crippen LogP contribution in [0.1, 0.15) is 5.56 Å². The van der Waals surface area contributed by atoms with E-state index in [1.54, 1.807) is 13.1 Å². The highest BCUT2D eigenvalue weighted by molar-refractivity contribution is 5.10. The molecule has 0 spiro atoms. The van der Waals surface area contributed by atoms with Crippen molar-refractivity contribution in [2.24, 2.45) is 7.05 Å². The fourth-order valence-electron chi connectivity index (χ4n) is 1.05. The van der Waals surface area contributed by atoms with Crippen molar-refractivity contribution in [2.75, 3.05) is 6.54 Å². The van der Waals surface area contributed by atoms with Gasteiger partial charge in [-0.15, -0.1) is 0 Å². The predicted molar refractivity (Wildman–Crippen MR) is 49.4 cm³/mol. The molecule has 1 aromatic rings. The number of hydrogen-bond acceptors (Lipinski definition) is 2. The Labute approximate surface area is 84.5 Å². The van der Waals surface area contributed by atoms with Gasteiger partial charge in [-0.2, -0.15) is 13.2 Å². The lowest BCUT2D eigenvalue weighted by Crippen LogP contribution is -2.28. The Kier molecular flexibility index (Phi) is 3.52. The molecule has 0 saturated heterocycles. The van der Waals surface area contributed by atoms with Crippen molar-refractivity contribution in [1.82, 2.24) is 9.88 Å². The van der Waals surface area contributed by atoms with Crippen LogP contribution >= 0.6 is 0 Å². The first-order valence-electron chi connectivity index (χ1n) is 4.31. The molecule has 0 amide bonds. The molecule has 0 aliphatic rings. The van der Waals surface area contributed by atoms with Crippen molar-refractivity contribution in [3.05, 3.63) is 34.2 Å². The fraction of sp³-hybridized carbons (Fsp3) is 0.444. The van der Waals surface area contributed by atoms with E-state index in [2.05, 4.69) is 5.32 Å². The molecule has 1 N–H and O–H groups in total. The summed E-state index contributed by atoms with van der Waals surface area (Å²) in [5, 5.41) is 2.22. The summed E-state index contributed by atoms with van der Waals surface area (Å²) < 4.78 is 36.7. The van der Waals surface area contributed by atoms with Crippen LogP contribution in [0.4, 0.5) is 13.2 Å². The summed E-state index contributed by atoms with van der Waals surface area (Å²) in [6.07, 6.45) is -2.70. The van der Waals surface area contributed by atoms with Crippen LogP contribution in [0, 0.1) is 0 Å². The Hall–Kier alpha value is -1.30. The molecule has 0 fully saturated rings. The molecule has 1 rings (SSSR count). The van der Waals surface area contributed by atoms with Crippen LogP contribution in [0.2, 0.25) is 0 Å². The number of halogens is 3. The van der Waals surface area contributed by atoms with Crippen molar-refractivity contribution < 1.29 is 13.2 Å². The lowest BCUT2D eigenvalue weighted by molar-refractivity contribution is -0.125. The Morgan fingerprint density at radius 1 is 1.47 bits per heavy atom. The molecule has 15 heavy (non-hydrogen) atoms. The molecular formula is C9H11F3N2O. The standard InChI is InChI=1S/C9H11F3N2O/c1-14-3-2-7(4-8(14)15)5-13-6-9(10,11)12/h2-4,13H,5-6H2,1H3. The van der Waals surface area contributed by atoms with Crippen LogP contribution < -0.4 is 10.9 Å². The van der Waals surface area contributed by atoms with Gasteiger partial charge in [0.2, 0.25) is 0 Å². The minimum absolute atomic E-state index is 0.0373. The highest BCUT2D eigenvalue weighted by Gasteiger charge is 2.25. The topological polar surface area (TPSA) is 34.0 Å². The van der Waals surface area contributed by atoms with E-state index in [4.69, 9.17) is 0 Å². The third-order valence-corrected chi connectivity index (χ3v) is 1.82. The van der Waals surface area contributed by atoms with Gasteiger partial charge < -0.3 is 9.88 Å². The molecule has 1 aromatic heterocycles. The molecule has 0 aliphatic carbocycles. The van der Waals surface area contributed by atoms with E-state index in [1.807, 2.05) is 0 Å². The van der Waals surface area contributed by atoms with Crippen LogP contribution in [0.3, 0.4) is 0 Å². The molecule has 0 saturated carbocycles. The number of alkyl halides is 3. The Morgan fingerprint density at radius 3 is 2.67 bits per heavy atom. The number of rotatable bonds is 3. The van der Waals surface area contributed by atoms with Gasteiger partial charge in [0.1, 0.15) is 0 Å². The summed E-state index contributed by atoms with van der Waals surface area (Å²) in [7, 11) is 1.58. The third kappa shape index (κ3) is 4.16. The molecule has 0 bridgehead atoms. The second-order valence-electron chi connectivity index (χ2n) is 3.20. The first-order valence-corrected chi connectivity index (χ1v) is 4.31. The molecule has 0 radical (unpaired) electrons. The summed E-state index contributed by atoms with van der Waals surface area (Å²) in [4.78, 5) is 11.1. The van der Waals surface area contributed by atoms with E-state index in [0.717, 1.165) is 0 Å². The number of aryl methyl sites for hydroxylation is 1. The van der Waals surface area contributed by atoms with Crippen LogP contribution in [0.15, 0.2) is 23.1 Å². The maximum atomic E-state index is 11.8. The highest BCUT2D eigenvalue weighted by atomic mass is 19.4. The first kappa shape index (κ1) is 11.8. The van der Waals surface area contributed by atoms with Crippen molar-refractivity contribution in [1.29, 1.82) is 0 Å². The minimum atomic E-state index is -4.22. The van der Waals surface area contributed by atoms with Crippen LogP contribution in [0.25, 0.3) is 0 Å². The zero-order chi connectivity index (χ0) is 11.5. The van der Waals surface area contributed by atoms with Crippen LogP contribution in [-0.4, -0.2) is 17.3 Å². The van der Waals surface area contributed by atoms with Gasteiger partial charge in [0.25, 0.3) is 5.56 Å². The van der Waals surface area contributed by atoms with Crippen LogP contribution in [-0.2, 0) is 13.6 Å². The zero-order valence-corrected chi connectivity index (χ0v) is 8.14. The van der Waals surface area contributed by atoms with Gasteiger partial charge in [0.15, 0.2) is 0 Å². The number of hydrogen-bond donors (Lipinski definition) is 1. The second-order valence-corrected chi connectivity index (χ2v) is 3.20. The quantitative estimate of drug-likeness (QED) is 0.825. The average Bonchev–Trinajstić information content (AvgIpc) is 2.09. The summed E-state index contributed by atoms with van der Waals surface area (Å²) in [6, 6.07) is 2.91. The molecular weight excluding hydrogens is 209 g/mol. The summed E-state index contributed by atoms with van der Waals surface area (Å²) in [5.74, 6) is 0. The molecule has 0 unspecified atom stereocenters. The maximum Gasteiger partial charge on any atom is 0.401 e. The van der Waals surface area contributed by atoms with E-state index in [0.29, 0.717) is 5.56 Å². The summed E-state index contributed by atoms with van der Waals surface area (Å²) in [6.45, 7) is -1.02. The SMILES string of the molecule is Cn1ccc(CNCC(F)(F)F)cc1=O. The number of pyridine rings is 1. The van der Waals surface area contributed by atoms with Crippen LogP contribution in [0.5, 0.6) is 0 Å². The Morgan fingerprint density at radius 2 is 2.13 bits per heavy atom. The van der Waals surface area contributed by atoms with Crippen molar-refractivity contribution in [3.8, 4) is 0 Å². The summed E-state index contributed by atoms with van der Waals surface area (Å²) in [5.41, 5.74) is 0.309. The molecule has 0 atom stereocenters. The minimum Gasteiger partial charge on any atom is -0.319 e. The van der Waals surface area contributed by atoms with Gasteiger partial charge in [-0.3, -0.25) is 4.79 Å². The molecule has 84 valence electrons. The average molecular weight is 220 g/mol. The predicted octanol–water partition coefficient (Wildman–Crippen LogP) is 1.04. The van der Waals surface area contributed by atoms with Crippen molar-refractivity contribution >= 4 is 0 Å². The monoisotopic (exact) mass is 220 g/mol. The lowest BCUT2D eigenvalue weighted by Gasteiger charge is -2.08. The lowest BCUT2D eigenvalue weighted by atomic mass is 10.2. The van der Waals surface area contributed by atoms with Gasteiger partial charge in [-0.05, 0) is 11.6 Å². The van der Waals surface area contributed by atoms with Crippen molar-refractivity contribution in [3.63, 3.8) is 0 Å². The maximum absolute atomic E-state index is 11.8. The Balaban J connectivity index is 2.52. The molecule has 6 heteroatoms. The molecule has 0 aliphatic heterocycles. The van der Waals surface area contributed by atoms with E-state index >= 15 is 0 Å². The second kappa shape index (κ2) is 4.48. The van der Waals surface area contributed by atoms with Gasteiger partial charge in [-0.25, -0.2) is 0 Å². The zero-order valence-electron chi connectivity index (χ0n) is 8.14. The Bertz CT molecular complexity index is 384. The molecule has 1 heterocycles. The van der Waals surface area contributed by atoms with Gasteiger partial charge in [0, 0.05) is 25.9 Å². The largest absolute Gasteiger partial charge is 0.401 e. The fourth-order valence-corrected chi connectivity index (χ4v) is 1.05. The van der Waals surface area contributed by atoms with E-state index in [9.17, 15) is 18.0 Å².